The average Bonchev–Trinajstić information content (AvgIpc) is 2.50. The molecular weight excluding hydrogens is 303 g/mol. The summed E-state index contributed by atoms with van der Waals surface area (Å²) in [5, 5.41) is 3.76. The zero-order valence-corrected chi connectivity index (χ0v) is 13.6. The number of rotatable bonds is 3. The van der Waals surface area contributed by atoms with Gasteiger partial charge in [0, 0.05) is 23.9 Å². The molecule has 3 rings (SSSR count). The number of nitrogens with zero attached hydrogens (tertiary/aromatic N) is 1. The van der Waals surface area contributed by atoms with Crippen molar-refractivity contribution >= 4 is 24.8 Å². The molecule has 0 spiro atoms. The predicted octanol–water partition coefficient (Wildman–Crippen LogP) is 4.14. The van der Waals surface area contributed by atoms with Crippen LogP contribution in [0.1, 0.15) is 30.5 Å². The number of hydrogen-bond acceptors (Lipinski definition) is 2. The summed E-state index contributed by atoms with van der Waals surface area (Å²) in [6.07, 6.45) is 6.60. The monoisotopic (exact) mass is 324 g/mol. The summed E-state index contributed by atoms with van der Waals surface area (Å²) in [5.74, 6) is 0. The summed E-state index contributed by atoms with van der Waals surface area (Å²) >= 11 is 0. The highest BCUT2D eigenvalue weighted by Crippen LogP contribution is 2.33. The number of piperidine rings is 1. The van der Waals surface area contributed by atoms with E-state index in [0.717, 1.165) is 13.0 Å². The minimum atomic E-state index is 0. The predicted molar refractivity (Wildman–Crippen MR) is 92.4 cm³/mol. The largest absolute Gasteiger partial charge is 0.307 e. The van der Waals surface area contributed by atoms with Gasteiger partial charge in [0.2, 0.25) is 0 Å². The molecule has 1 unspecified atom stereocenters. The van der Waals surface area contributed by atoms with E-state index < -0.39 is 0 Å². The van der Waals surface area contributed by atoms with Crippen LogP contribution in [-0.4, -0.2) is 11.5 Å². The smallest absolute Gasteiger partial charge is 0.0490 e. The minimum absolute atomic E-state index is 0. The molecular formula is C17H22Cl2N2. The molecule has 1 atom stereocenters. The Bertz CT molecular complexity index is 511. The third kappa shape index (κ3) is 4.19. The Balaban J connectivity index is 0.00000110. The van der Waals surface area contributed by atoms with E-state index >= 15 is 0 Å². The highest BCUT2D eigenvalue weighted by molar-refractivity contribution is 5.85. The van der Waals surface area contributed by atoms with Gasteiger partial charge in [0.25, 0.3) is 0 Å². The van der Waals surface area contributed by atoms with Crippen LogP contribution in [0.25, 0.3) is 0 Å². The van der Waals surface area contributed by atoms with Gasteiger partial charge in [0.05, 0.1) is 0 Å². The summed E-state index contributed by atoms with van der Waals surface area (Å²) in [7, 11) is 0. The quantitative estimate of drug-likeness (QED) is 0.917. The molecule has 0 saturated carbocycles. The van der Waals surface area contributed by atoms with Crippen LogP contribution < -0.4 is 5.32 Å². The molecule has 1 aliphatic rings. The van der Waals surface area contributed by atoms with Gasteiger partial charge in [0.1, 0.15) is 0 Å². The van der Waals surface area contributed by atoms with Crippen molar-refractivity contribution in [3.05, 3.63) is 66.0 Å². The fraction of sp³-hybridized carbons (Fsp3) is 0.353. The number of halogens is 2. The first-order valence-corrected chi connectivity index (χ1v) is 7.10. The van der Waals surface area contributed by atoms with Crippen molar-refractivity contribution in [2.45, 2.75) is 31.2 Å². The molecule has 1 aliphatic heterocycles. The molecule has 1 aromatic carbocycles. The fourth-order valence-corrected chi connectivity index (χ4v) is 3.04. The Morgan fingerprint density at radius 3 is 2.33 bits per heavy atom. The average molecular weight is 325 g/mol. The van der Waals surface area contributed by atoms with Crippen molar-refractivity contribution in [3.63, 3.8) is 0 Å². The van der Waals surface area contributed by atoms with E-state index in [1.165, 1.54) is 30.5 Å². The minimum Gasteiger partial charge on any atom is -0.307 e. The third-order valence-corrected chi connectivity index (χ3v) is 4.03. The molecule has 0 aliphatic carbocycles. The Hall–Kier alpha value is -1.09. The van der Waals surface area contributed by atoms with Crippen LogP contribution in [0.4, 0.5) is 0 Å². The van der Waals surface area contributed by atoms with Gasteiger partial charge in [-0.25, -0.2) is 0 Å². The van der Waals surface area contributed by atoms with E-state index in [1.807, 2.05) is 12.3 Å². The first-order valence-electron chi connectivity index (χ1n) is 7.10. The normalized spacial score (nSPS) is 21.0. The fourth-order valence-electron chi connectivity index (χ4n) is 3.04. The number of pyridine rings is 1. The van der Waals surface area contributed by atoms with Gasteiger partial charge >= 0.3 is 0 Å². The van der Waals surface area contributed by atoms with Crippen LogP contribution >= 0.6 is 24.8 Å². The maximum Gasteiger partial charge on any atom is 0.0490 e. The van der Waals surface area contributed by atoms with Gasteiger partial charge in [-0.2, -0.15) is 0 Å². The first kappa shape index (κ1) is 18.0. The molecule has 114 valence electrons. The molecule has 0 radical (unpaired) electrons. The molecule has 2 aromatic rings. The Morgan fingerprint density at radius 2 is 1.71 bits per heavy atom. The molecule has 1 aromatic heterocycles. The lowest BCUT2D eigenvalue weighted by molar-refractivity contribution is 0.253. The highest BCUT2D eigenvalue weighted by atomic mass is 35.5. The van der Waals surface area contributed by atoms with E-state index in [9.17, 15) is 0 Å². The van der Waals surface area contributed by atoms with Crippen LogP contribution in [0.2, 0.25) is 0 Å². The van der Waals surface area contributed by atoms with E-state index in [4.69, 9.17) is 0 Å². The van der Waals surface area contributed by atoms with Crippen molar-refractivity contribution in [1.82, 2.24) is 10.3 Å². The lowest BCUT2D eigenvalue weighted by atomic mass is 9.79. The van der Waals surface area contributed by atoms with Gasteiger partial charge in [-0.05, 0) is 43.5 Å². The number of hydrogen-bond donors (Lipinski definition) is 1. The highest BCUT2D eigenvalue weighted by Gasteiger charge is 2.33. The maximum atomic E-state index is 4.50. The van der Waals surface area contributed by atoms with Gasteiger partial charge in [-0.1, -0.05) is 36.4 Å². The van der Waals surface area contributed by atoms with Crippen molar-refractivity contribution < 1.29 is 0 Å². The summed E-state index contributed by atoms with van der Waals surface area (Å²) in [5.41, 5.74) is 2.62. The van der Waals surface area contributed by atoms with Crippen molar-refractivity contribution in [1.29, 1.82) is 0 Å². The standard InChI is InChI=1S/C17H20N2.2ClH/c1-2-8-15(9-3-1)17(11-5-7-13-19-17)14-16-10-4-6-12-18-16;;/h1-4,6,8-10,12,19H,5,7,11,13-14H2;2*1H. The summed E-state index contributed by atoms with van der Waals surface area (Å²) in [6.45, 7) is 1.10. The van der Waals surface area contributed by atoms with Gasteiger partial charge in [-0.15, -0.1) is 24.8 Å². The lowest BCUT2D eigenvalue weighted by Crippen LogP contribution is -2.47. The molecule has 1 saturated heterocycles. The second-order valence-corrected chi connectivity index (χ2v) is 5.33. The molecule has 0 amide bonds. The molecule has 21 heavy (non-hydrogen) atoms. The van der Waals surface area contributed by atoms with E-state index in [0.29, 0.717) is 0 Å². The van der Waals surface area contributed by atoms with Crippen LogP contribution in [0.5, 0.6) is 0 Å². The van der Waals surface area contributed by atoms with E-state index in [2.05, 4.69) is 52.8 Å². The number of benzene rings is 1. The Labute approximate surface area is 139 Å². The van der Waals surface area contributed by atoms with Crippen LogP contribution in [0.15, 0.2) is 54.7 Å². The van der Waals surface area contributed by atoms with Crippen LogP contribution in [0, 0.1) is 0 Å². The number of aromatic nitrogens is 1. The molecule has 1 N–H and O–H groups in total. The topological polar surface area (TPSA) is 24.9 Å². The zero-order valence-electron chi connectivity index (χ0n) is 12.0. The Morgan fingerprint density at radius 1 is 0.952 bits per heavy atom. The molecule has 0 bridgehead atoms. The van der Waals surface area contributed by atoms with Gasteiger partial charge in [-0.3, -0.25) is 4.98 Å². The maximum absolute atomic E-state index is 4.50. The first-order chi connectivity index (χ1) is 9.39. The molecule has 2 heterocycles. The van der Waals surface area contributed by atoms with Crippen molar-refractivity contribution in [2.24, 2.45) is 0 Å². The summed E-state index contributed by atoms with van der Waals surface area (Å²) in [4.78, 5) is 4.50. The lowest BCUT2D eigenvalue weighted by Gasteiger charge is -2.39. The van der Waals surface area contributed by atoms with Crippen LogP contribution in [-0.2, 0) is 12.0 Å². The molecule has 1 fully saturated rings. The Kier molecular flexibility index (Phi) is 7.16. The van der Waals surface area contributed by atoms with E-state index in [1.54, 1.807) is 0 Å². The SMILES string of the molecule is Cl.Cl.c1ccc(C2(Cc3ccccn3)CCCCN2)cc1. The second kappa shape index (κ2) is 8.38. The number of nitrogens with one attached hydrogen (secondary N) is 1. The van der Waals surface area contributed by atoms with Crippen LogP contribution in [0.3, 0.4) is 0 Å². The molecule has 4 heteroatoms. The van der Waals surface area contributed by atoms with Crippen molar-refractivity contribution in [3.8, 4) is 0 Å². The zero-order chi connectivity index (χ0) is 13.0. The van der Waals surface area contributed by atoms with E-state index in [-0.39, 0.29) is 30.4 Å². The van der Waals surface area contributed by atoms with Gasteiger partial charge in [0.15, 0.2) is 0 Å². The second-order valence-electron chi connectivity index (χ2n) is 5.33. The molecule has 2 nitrogen and oxygen atoms in total. The van der Waals surface area contributed by atoms with Gasteiger partial charge < -0.3 is 5.32 Å². The van der Waals surface area contributed by atoms with Crippen molar-refractivity contribution in [2.75, 3.05) is 6.54 Å². The summed E-state index contributed by atoms with van der Waals surface area (Å²) in [6, 6.07) is 17.0. The third-order valence-electron chi connectivity index (χ3n) is 4.03. The summed E-state index contributed by atoms with van der Waals surface area (Å²) < 4.78 is 0.